The molecule has 5 rings (SSSR count). The van der Waals surface area contributed by atoms with Gasteiger partial charge < -0.3 is 19.8 Å². The van der Waals surface area contributed by atoms with Crippen molar-refractivity contribution in [2.24, 2.45) is 4.99 Å². The summed E-state index contributed by atoms with van der Waals surface area (Å²) in [6.07, 6.45) is 1.67. The largest absolute Gasteiger partial charge is 2.00 e. The monoisotopic (exact) mass is 512 g/mol. The van der Waals surface area contributed by atoms with Crippen LogP contribution in [0.5, 0.6) is 5.75 Å². The number of fused-ring (bicyclic) bond motifs is 3. The summed E-state index contributed by atoms with van der Waals surface area (Å²) in [5, 5.41) is 6.53. The fraction of sp³-hybridized carbons (Fsp3) is 0.318. The normalized spacial score (nSPS) is 24.3. The van der Waals surface area contributed by atoms with Crippen molar-refractivity contribution >= 4 is 54.2 Å². The van der Waals surface area contributed by atoms with Gasteiger partial charge in [-0.05, 0) is 62.6 Å². The van der Waals surface area contributed by atoms with Crippen molar-refractivity contribution in [2.75, 3.05) is 24.1 Å². The first kappa shape index (κ1) is 25.9. The molecule has 3 heterocycles. The van der Waals surface area contributed by atoms with E-state index in [0.29, 0.717) is 24.0 Å². The molecule has 1 fully saturated rings. The average molecular weight is 513 g/mol. The summed E-state index contributed by atoms with van der Waals surface area (Å²) in [4.78, 5) is 30.0. The van der Waals surface area contributed by atoms with E-state index in [9.17, 15) is 14.4 Å². The van der Waals surface area contributed by atoms with E-state index < -0.39 is 20.5 Å². The predicted octanol–water partition coefficient (Wildman–Crippen LogP) is 2.94. The van der Waals surface area contributed by atoms with Gasteiger partial charge in [-0.25, -0.2) is 14.6 Å². The number of hydroxylamine groups is 1. The topological polar surface area (TPSA) is 134 Å². The number of hydrogen-bond donors (Lipinski definition) is 5. The zero-order valence-electron chi connectivity index (χ0n) is 20.0. The number of nitrogens with zero attached hydrogens (tertiary/aromatic N) is 2. The van der Waals surface area contributed by atoms with E-state index in [1.165, 1.54) is 5.56 Å². The number of phosphoric acid groups is 1. The van der Waals surface area contributed by atoms with E-state index >= 15 is 0 Å². The molecule has 2 aromatic carbocycles. The van der Waals surface area contributed by atoms with Crippen LogP contribution in [0.15, 0.2) is 46.7 Å². The molecule has 0 aliphatic carbocycles. The molecule has 0 saturated carbocycles. The van der Waals surface area contributed by atoms with E-state index in [-0.39, 0.29) is 27.5 Å². The number of phosphoric ester groups is 1. The number of allylic oxidation sites excluding steroid dienone is 1. The third-order valence-electron chi connectivity index (χ3n) is 6.54. The zero-order valence-corrected chi connectivity index (χ0v) is 22.3. The molecular weight excluding hydrogens is 486 g/mol. The number of aliphatic imine (C=N–C) groups is 1. The Hall–Kier alpha value is -2.15. The minimum absolute atomic E-state index is 0. The molecule has 0 amide bonds. The van der Waals surface area contributed by atoms with Crippen molar-refractivity contribution in [1.82, 2.24) is 9.96 Å². The summed E-state index contributed by atoms with van der Waals surface area (Å²) >= 11 is 0. The Morgan fingerprint density at radius 3 is 2.60 bits per heavy atom. The molecule has 0 spiro atoms. The van der Waals surface area contributed by atoms with Gasteiger partial charge in [0.05, 0.1) is 5.69 Å². The van der Waals surface area contributed by atoms with Gasteiger partial charge in [-0.2, -0.15) is 9.83 Å². The summed E-state index contributed by atoms with van der Waals surface area (Å²) < 4.78 is 22.2. The second-order valence-electron chi connectivity index (χ2n) is 8.67. The molecule has 2 atom stereocenters. The number of ether oxygens (including phenoxy) is 1. The second-order valence-corrected chi connectivity index (χ2v) is 9.91. The maximum absolute atomic E-state index is 11.8. The average Bonchev–Trinajstić information content (AvgIpc) is 3.32. The summed E-state index contributed by atoms with van der Waals surface area (Å²) in [5.41, 5.74) is 9.11. The Kier molecular flexibility index (Phi) is 6.71. The van der Waals surface area contributed by atoms with Crippen molar-refractivity contribution in [3.05, 3.63) is 58.4 Å². The van der Waals surface area contributed by atoms with E-state index in [2.05, 4.69) is 23.0 Å². The molecule has 3 aliphatic rings. The van der Waals surface area contributed by atoms with Gasteiger partial charge in [-0.1, -0.05) is 0 Å². The first-order valence-corrected chi connectivity index (χ1v) is 12.2. The van der Waals surface area contributed by atoms with E-state index in [1.54, 1.807) is 18.3 Å². The van der Waals surface area contributed by atoms with Crippen molar-refractivity contribution in [1.29, 1.82) is 0 Å². The summed E-state index contributed by atoms with van der Waals surface area (Å²) in [6, 6.07) is 9.41. The standard InChI is InChI=1S/C22H26N5O6P.Mg/c1-13-7-17(8-14(2)16(13)4)25-22-24-10-15(3)21(26-33-22)27(22,12-32-34(28,29)30)18-5-6-20-19(9-18)23-11-31-20;/h5-10,23,25-26H,11-12H2,1-4H3,(H-,28,29,30);/q;+2/p+1. The van der Waals surface area contributed by atoms with Crippen LogP contribution in [0.1, 0.15) is 23.6 Å². The molecule has 2 aromatic rings. The van der Waals surface area contributed by atoms with Crippen LogP contribution in [-0.4, -0.2) is 58.5 Å². The maximum atomic E-state index is 11.8. The minimum atomic E-state index is -4.83. The van der Waals surface area contributed by atoms with Crippen molar-refractivity contribution < 1.29 is 28.5 Å². The number of anilines is 2. The SMILES string of the molecule is CC1=C2NOC(Nc3cc(C)c(C)c(C)c3)(N=C1)[N+]2(COP(=O)(O)O)c1ccc2c(c1)NCO2.[Mg+2]. The summed E-state index contributed by atoms with van der Waals surface area (Å²) in [5.74, 6) is -0.335. The van der Waals surface area contributed by atoms with Gasteiger partial charge in [-0.15, -0.1) is 4.48 Å². The number of quaternary nitrogens is 1. The quantitative estimate of drug-likeness (QED) is 0.225. The van der Waals surface area contributed by atoms with Gasteiger partial charge in [0.2, 0.25) is 12.6 Å². The van der Waals surface area contributed by atoms with Crippen LogP contribution < -0.4 is 25.3 Å². The Labute approximate surface area is 219 Å². The van der Waals surface area contributed by atoms with E-state index in [4.69, 9.17) is 19.1 Å². The summed E-state index contributed by atoms with van der Waals surface area (Å²) in [6.45, 7) is 7.80. The van der Waals surface area contributed by atoms with E-state index in [1.807, 2.05) is 39.0 Å². The smallest absolute Gasteiger partial charge is 0.471 e. The van der Waals surface area contributed by atoms with Gasteiger partial charge in [0.25, 0.3) is 0 Å². The van der Waals surface area contributed by atoms with Gasteiger partial charge in [0, 0.05) is 29.6 Å². The van der Waals surface area contributed by atoms with Crippen molar-refractivity contribution in [2.45, 2.75) is 33.7 Å². The molecule has 35 heavy (non-hydrogen) atoms. The van der Waals surface area contributed by atoms with Gasteiger partial charge in [-0.3, -0.25) is 5.32 Å². The number of aryl methyl sites for hydroxylation is 2. The summed E-state index contributed by atoms with van der Waals surface area (Å²) in [7, 11) is -4.83. The van der Waals surface area contributed by atoms with Crippen LogP contribution in [0.3, 0.4) is 0 Å². The van der Waals surface area contributed by atoms with Crippen LogP contribution in [0.2, 0.25) is 0 Å². The van der Waals surface area contributed by atoms with Crippen LogP contribution in [0.4, 0.5) is 17.1 Å². The van der Waals surface area contributed by atoms with E-state index in [0.717, 1.165) is 28.1 Å². The van der Waals surface area contributed by atoms with Gasteiger partial charge in [0.1, 0.15) is 11.4 Å². The van der Waals surface area contributed by atoms with Crippen LogP contribution in [0, 0.1) is 20.8 Å². The fourth-order valence-electron chi connectivity index (χ4n) is 4.53. The minimum Gasteiger partial charge on any atom is -0.471 e. The number of benzene rings is 2. The second kappa shape index (κ2) is 9.06. The Morgan fingerprint density at radius 2 is 1.91 bits per heavy atom. The molecule has 2 bridgehead atoms. The molecule has 13 heteroatoms. The number of nitrogens with one attached hydrogen (secondary N) is 3. The molecule has 5 N–H and O–H groups in total. The fourth-order valence-corrected chi connectivity index (χ4v) is 4.86. The molecule has 2 unspecified atom stereocenters. The first-order valence-electron chi connectivity index (χ1n) is 10.7. The van der Waals surface area contributed by atoms with Gasteiger partial charge in [0.15, 0.2) is 6.73 Å². The predicted molar refractivity (Wildman–Crippen MR) is 134 cm³/mol. The third-order valence-corrected chi connectivity index (χ3v) is 7.00. The van der Waals surface area contributed by atoms with Crippen LogP contribution in [0.25, 0.3) is 0 Å². The Balaban J connectivity index is 0.00000289. The molecule has 0 aromatic heterocycles. The Bertz CT molecular complexity index is 1270. The molecule has 11 nitrogen and oxygen atoms in total. The zero-order chi connectivity index (χ0) is 24.3. The molecule has 3 aliphatic heterocycles. The first-order chi connectivity index (χ1) is 16.0. The number of hydrogen-bond acceptors (Lipinski definition) is 8. The third kappa shape index (κ3) is 4.23. The molecular formula is C22H27MgN5O6P+3. The molecule has 1 saturated heterocycles. The number of rotatable bonds is 6. The van der Waals surface area contributed by atoms with Crippen LogP contribution >= 0.6 is 7.82 Å². The van der Waals surface area contributed by atoms with Gasteiger partial charge >= 0.3 is 36.8 Å². The van der Waals surface area contributed by atoms with Crippen molar-refractivity contribution in [3.8, 4) is 5.75 Å². The molecule has 0 radical (unpaired) electrons. The molecule has 180 valence electrons. The van der Waals surface area contributed by atoms with Crippen molar-refractivity contribution in [3.63, 3.8) is 0 Å². The maximum Gasteiger partial charge on any atom is 2.00 e. The Morgan fingerprint density at radius 1 is 1.20 bits per heavy atom. The van der Waals surface area contributed by atoms with Crippen LogP contribution in [-0.2, 0) is 13.9 Å².